The number of rotatable bonds is 2. The number of hydrogen-bond acceptors (Lipinski definition) is 2. The van der Waals surface area contributed by atoms with Crippen LogP contribution in [0.3, 0.4) is 0 Å². The lowest BCUT2D eigenvalue weighted by Crippen LogP contribution is -1.81. The summed E-state index contributed by atoms with van der Waals surface area (Å²) in [6, 6.07) is 5.90. The van der Waals surface area contributed by atoms with Crippen LogP contribution in [-0.2, 0) is 0 Å². The minimum Gasteiger partial charge on any atom is -0.285 e. The van der Waals surface area contributed by atoms with E-state index in [0.29, 0.717) is 0 Å². The molecule has 66 valence electrons. The van der Waals surface area contributed by atoms with Crippen LogP contribution in [-0.4, -0.2) is 15.6 Å². The first kappa shape index (κ1) is 7.98. The molecule has 0 spiro atoms. The first-order valence-corrected chi connectivity index (χ1v) is 4.36. The predicted molar refractivity (Wildman–Crippen MR) is 53.6 cm³/mol. The molecule has 2 heterocycles. The Kier molecular flexibility index (Phi) is 2.08. The van der Waals surface area contributed by atoms with Crippen molar-refractivity contribution < 1.29 is 0 Å². The van der Waals surface area contributed by atoms with E-state index in [1.165, 1.54) is 0 Å². The van der Waals surface area contributed by atoms with Crippen molar-refractivity contribution in [2.24, 2.45) is 4.99 Å². The molecule has 0 radical (unpaired) electrons. The van der Waals surface area contributed by atoms with Gasteiger partial charge in [-0.15, -0.1) is 0 Å². The second-order valence-electron chi connectivity index (χ2n) is 2.77. The highest BCUT2D eigenvalue weighted by Gasteiger charge is 1.97. The molecular formula is C10H11N3. The number of nitrogens with zero attached hydrogens (tertiary/aromatic N) is 3. The highest BCUT2D eigenvalue weighted by atomic mass is 15.1. The van der Waals surface area contributed by atoms with Crippen LogP contribution >= 0.6 is 0 Å². The van der Waals surface area contributed by atoms with E-state index < -0.39 is 0 Å². The van der Waals surface area contributed by atoms with Crippen LogP contribution in [0.5, 0.6) is 0 Å². The molecule has 0 amide bonds. The molecule has 0 atom stereocenters. The van der Waals surface area contributed by atoms with E-state index in [0.717, 1.165) is 17.9 Å². The van der Waals surface area contributed by atoms with Gasteiger partial charge in [0.2, 0.25) is 0 Å². The summed E-state index contributed by atoms with van der Waals surface area (Å²) in [5, 5.41) is 0. The zero-order valence-electron chi connectivity index (χ0n) is 7.51. The van der Waals surface area contributed by atoms with Gasteiger partial charge in [-0.25, -0.2) is 9.98 Å². The second-order valence-corrected chi connectivity index (χ2v) is 2.77. The first-order chi connectivity index (χ1) is 6.42. The third kappa shape index (κ3) is 1.45. The largest absolute Gasteiger partial charge is 0.285 e. The molecule has 2 aromatic rings. The summed E-state index contributed by atoms with van der Waals surface area (Å²) in [5.74, 6) is 0.887. The monoisotopic (exact) mass is 173 g/mol. The number of aliphatic imine (C=N–C) groups is 1. The number of imidazole rings is 1. The normalized spacial score (nSPS) is 11.5. The minimum atomic E-state index is 0.887. The van der Waals surface area contributed by atoms with Gasteiger partial charge in [-0.3, -0.25) is 4.40 Å². The lowest BCUT2D eigenvalue weighted by molar-refractivity contribution is 1.16. The summed E-state index contributed by atoms with van der Waals surface area (Å²) in [7, 11) is 0. The average molecular weight is 173 g/mol. The molecule has 2 rings (SSSR count). The molecule has 0 saturated heterocycles. The van der Waals surface area contributed by atoms with Crippen LogP contribution in [0.1, 0.15) is 13.3 Å². The Morgan fingerprint density at radius 3 is 3.31 bits per heavy atom. The molecule has 0 aliphatic rings. The Hall–Kier alpha value is -1.64. The smallest absolute Gasteiger partial charge is 0.156 e. The number of aromatic nitrogens is 2. The number of pyridine rings is 1. The van der Waals surface area contributed by atoms with E-state index in [1.807, 2.05) is 35.0 Å². The highest BCUT2D eigenvalue weighted by molar-refractivity contribution is 5.62. The highest BCUT2D eigenvalue weighted by Crippen LogP contribution is 2.13. The Morgan fingerprint density at radius 2 is 2.46 bits per heavy atom. The molecule has 0 N–H and O–H groups in total. The maximum atomic E-state index is 4.29. The third-order valence-electron chi connectivity index (χ3n) is 1.80. The molecular weight excluding hydrogens is 162 g/mol. The fourth-order valence-electron chi connectivity index (χ4n) is 1.20. The quantitative estimate of drug-likeness (QED) is 0.641. The van der Waals surface area contributed by atoms with E-state index in [-0.39, 0.29) is 0 Å². The Bertz CT molecular complexity index is 428. The van der Waals surface area contributed by atoms with Gasteiger partial charge in [-0.2, -0.15) is 0 Å². The van der Waals surface area contributed by atoms with Crippen LogP contribution in [0.25, 0.3) is 5.65 Å². The molecule has 0 fully saturated rings. The summed E-state index contributed by atoms with van der Waals surface area (Å²) >= 11 is 0. The van der Waals surface area contributed by atoms with E-state index in [4.69, 9.17) is 0 Å². The maximum Gasteiger partial charge on any atom is 0.156 e. The van der Waals surface area contributed by atoms with Gasteiger partial charge in [0.05, 0.1) is 6.20 Å². The van der Waals surface area contributed by atoms with Crippen molar-refractivity contribution in [3.63, 3.8) is 0 Å². The van der Waals surface area contributed by atoms with Crippen LogP contribution in [0.15, 0.2) is 35.6 Å². The summed E-state index contributed by atoms with van der Waals surface area (Å²) < 4.78 is 1.96. The van der Waals surface area contributed by atoms with Crippen molar-refractivity contribution in [3.05, 3.63) is 30.6 Å². The van der Waals surface area contributed by atoms with Crippen molar-refractivity contribution >= 4 is 17.7 Å². The molecule has 0 bridgehead atoms. The van der Waals surface area contributed by atoms with Gasteiger partial charge in [0, 0.05) is 12.4 Å². The SMILES string of the molecule is CC/C=N\c1cnc2ccccn12. The lowest BCUT2D eigenvalue weighted by Gasteiger charge is -1.93. The number of hydrogen-bond donors (Lipinski definition) is 0. The predicted octanol–water partition coefficient (Wildman–Crippen LogP) is 2.45. The summed E-state index contributed by atoms with van der Waals surface area (Å²) in [6.45, 7) is 2.06. The fraction of sp³-hybridized carbons (Fsp3) is 0.200. The summed E-state index contributed by atoms with van der Waals surface area (Å²) in [5.41, 5.74) is 0.936. The van der Waals surface area contributed by atoms with Gasteiger partial charge in [-0.05, 0) is 18.6 Å². The standard InChI is InChI=1S/C10H11N3/c1-2-6-11-10-8-12-9-5-3-4-7-13(9)10/h3-8H,2H2,1H3/b11-6-. The van der Waals surface area contributed by atoms with E-state index in [9.17, 15) is 0 Å². The van der Waals surface area contributed by atoms with E-state index in [1.54, 1.807) is 6.20 Å². The third-order valence-corrected chi connectivity index (χ3v) is 1.80. The molecule has 0 aromatic carbocycles. The van der Waals surface area contributed by atoms with Crippen molar-refractivity contribution in [2.45, 2.75) is 13.3 Å². The van der Waals surface area contributed by atoms with Crippen LogP contribution in [0.2, 0.25) is 0 Å². The van der Waals surface area contributed by atoms with Crippen molar-refractivity contribution in [3.8, 4) is 0 Å². The van der Waals surface area contributed by atoms with Crippen LogP contribution in [0, 0.1) is 0 Å². The summed E-state index contributed by atoms with van der Waals surface area (Å²) in [6.07, 6.45) is 6.57. The molecule has 0 saturated carbocycles. The van der Waals surface area contributed by atoms with E-state index in [2.05, 4.69) is 16.9 Å². The number of fused-ring (bicyclic) bond motifs is 1. The topological polar surface area (TPSA) is 29.7 Å². The zero-order valence-corrected chi connectivity index (χ0v) is 7.51. The summed E-state index contributed by atoms with van der Waals surface area (Å²) in [4.78, 5) is 8.51. The second kappa shape index (κ2) is 3.39. The fourth-order valence-corrected chi connectivity index (χ4v) is 1.20. The Labute approximate surface area is 76.8 Å². The molecule has 3 nitrogen and oxygen atoms in total. The Balaban J connectivity index is 2.52. The molecule has 0 aliphatic carbocycles. The average Bonchev–Trinajstić information content (AvgIpc) is 2.58. The van der Waals surface area contributed by atoms with Crippen molar-refractivity contribution in [1.29, 1.82) is 0 Å². The molecule has 0 unspecified atom stereocenters. The molecule has 13 heavy (non-hydrogen) atoms. The van der Waals surface area contributed by atoms with Gasteiger partial charge in [0.1, 0.15) is 5.65 Å². The first-order valence-electron chi connectivity index (χ1n) is 4.36. The van der Waals surface area contributed by atoms with Crippen molar-refractivity contribution in [1.82, 2.24) is 9.38 Å². The maximum absolute atomic E-state index is 4.29. The van der Waals surface area contributed by atoms with Gasteiger partial charge in [0.15, 0.2) is 5.82 Å². The van der Waals surface area contributed by atoms with Gasteiger partial charge in [-0.1, -0.05) is 13.0 Å². The zero-order chi connectivity index (χ0) is 9.10. The van der Waals surface area contributed by atoms with Crippen molar-refractivity contribution in [2.75, 3.05) is 0 Å². The molecule has 3 heteroatoms. The van der Waals surface area contributed by atoms with E-state index >= 15 is 0 Å². The van der Waals surface area contributed by atoms with Gasteiger partial charge >= 0.3 is 0 Å². The van der Waals surface area contributed by atoms with Crippen LogP contribution in [0.4, 0.5) is 5.82 Å². The van der Waals surface area contributed by atoms with Crippen LogP contribution < -0.4 is 0 Å². The van der Waals surface area contributed by atoms with Gasteiger partial charge in [0.25, 0.3) is 0 Å². The molecule has 0 aliphatic heterocycles. The Morgan fingerprint density at radius 1 is 1.54 bits per heavy atom. The molecule has 2 aromatic heterocycles. The van der Waals surface area contributed by atoms with Gasteiger partial charge < -0.3 is 0 Å². The lowest BCUT2D eigenvalue weighted by atomic mass is 10.5. The minimum absolute atomic E-state index is 0.887.